The minimum atomic E-state index is -0.447. The Hall–Kier alpha value is -2.23. The number of aromatic amines is 1. The van der Waals surface area contributed by atoms with Gasteiger partial charge in [-0.2, -0.15) is 0 Å². The molecule has 4 nitrogen and oxygen atoms in total. The Kier molecular flexibility index (Phi) is 4.39. The number of aryl methyl sites for hydroxylation is 1. The SMILES string of the molecule is CCc1c[nH]c2ccc(C3=CCN(C(=O)OC(C)(C)C)CC3)cc12. The van der Waals surface area contributed by atoms with E-state index in [1.165, 1.54) is 27.6 Å². The zero-order chi connectivity index (χ0) is 17.3. The average molecular weight is 326 g/mol. The van der Waals surface area contributed by atoms with Crippen LogP contribution in [-0.4, -0.2) is 34.7 Å². The van der Waals surface area contributed by atoms with E-state index < -0.39 is 5.60 Å². The molecule has 1 aromatic heterocycles. The maximum Gasteiger partial charge on any atom is 0.410 e. The summed E-state index contributed by atoms with van der Waals surface area (Å²) in [5.74, 6) is 0. The highest BCUT2D eigenvalue weighted by molar-refractivity contribution is 5.87. The molecule has 1 aliphatic rings. The molecule has 0 unspecified atom stereocenters. The minimum absolute atomic E-state index is 0.229. The summed E-state index contributed by atoms with van der Waals surface area (Å²) < 4.78 is 5.45. The molecular weight excluding hydrogens is 300 g/mol. The molecule has 1 amide bonds. The quantitative estimate of drug-likeness (QED) is 0.865. The van der Waals surface area contributed by atoms with Crippen LogP contribution < -0.4 is 0 Å². The van der Waals surface area contributed by atoms with Crippen LogP contribution in [0, 0.1) is 0 Å². The van der Waals surface area contributed by atoms with Crippen LogP contribution in [-0.2, 0) is 11.2 Å². The molecular formula is C20H26N2O2. The van der Waals surface area contributed by atoms with E-state index in [2.05, 4.69) is 42.4 Å². The number of carbonyl (C=O) groups is 1. The second-order valence-corrected chi connectivity index (χ2v) is 7.33. The third kappa shape index (κ3) is 3.48. The topological polar surface area (TPSA) is 45.3 Å². The van der Waals surface area contributed by atoms with Gasteiger partial charge in [0.15, 0.2) is 0 Å². The third-order valence-corrected chi connectivity index (χ3v) is 4.38. The molecule has 0 atom stereocenters. The monoisotopic (exact) mass is 326 g/mol. The minimum Gasteiger partial charge on any atom is -0.444 e. The molecule has 128 valence electrons. The second kappa shape index (κ2) is 6.34. The highest BCUT2D eigenvalue weighted by atomic mass is 16.6. The van der Waals surface area contributed by atoms with Gasteiger partial charge in [-0.05, 0) is 62.4 Å². The van der Waals surface area contributed by atoms with Crippen molar-refractivity contribution in [2.75, 3.05) is 13.1 Å². The number of carbonyl (C=O) groups excluding carboxylic acids is 1. The van der Waals surface area contributed by atoms with Gasteiger partial charge < -0.3 is 14.6 Å². The van der Waals surface area contributed by atoms with Crippen molar-refractivity contribution in [1.29, 1.82) is 0 Å². The zero-order valence-corrected chi connectivity index (χ0v) is 15.0. The molecule has 0 saturated carbocycles. The highest BCUT2D eigenvalue weighted by Gasteiger charge is 2.23. The number of amides is 1. The number of nitrogens with zero attached hydrogens (tertiary/aromatic N) is 1. The van der Waals surface area contributed by atoms with Crippen LogP contribution in [0.1, 0.15) is 45.2 Å². The summed E-state index contributed by atoms with van der Waals surface area (Å²) in [6.07, 6.45) is 5.89. The largest absolute Gasteiger partial charge is 0.444 e. The normalized spacial score (nSPS) is 15.5. The van der Waals surface area contributed by atoms with Gasteiger partial charge in [-0.15, -0.1) is 0 Å². The van der Waals surface area contributed by atoms with Crippen molar-refractivity contribution in [3.05, 3.63) is 41.6 Å². The molecule has 2 heterocycles. The molecule has 24 heavy (non-hydrogen) atoms. The number of aromatic nitrogens is 1. The van der Waals surface area contributed by atoms with Crippen molar-refractivity contribution < 1.29 is 9.53 Å². The first-order chi connectivity index (χ1) is 11.4. The number of H-pyrrole nitrogens is 1. The van der Waals surface area contributed by atoms with E-state index in [1.807, 2.05) is 20.8 Å². The molecule has 0 bridgehead atoms. The summed E-state index contributed by atoms with van der Waals surface area (Å²) in [4.78, 5) is 17.2. The van der Waals surface area contributed by atoms with Crippen molar-refractivity contribution in [2.45, 2.75) is 46.1 Å². The van der Waals surface area contributed by atoms with Gasteiger partial charge in [0.25, 0.3) is 0 Å². The van der Waals surface area contributed by atoms with Gasteiger partial charge in [0.2, 0.25) is 0 Å². The molecule has 1 aliphatic heterocycles. The van der Waals surface area contributed by atoms with Gasteiger partial charge in [0.05, 0.1) is 0 Å². The molecule has 1 aromatic carbocycles. The van der Waals surface area contributed by atoms with Crippen LogP contribution in [0.5, 0.6) is 0 Å². The van der Waals surface area contributed by atoms with Crippen LogP contribution in [0.4, 0.5) is 4.79 Å². The van der Waals surface area contributed by atoms with Crippen LogP contribution >= 0.6 is 0 Å². The summed E-state index contributed by atoms with van der Waals surface area (Å²) in [6, 6.07) is 6.57. The fraction of sp³-hybridized carbons (Fsp3) is 0.450. The molecule has 4 heteroatoms. The Labute approximate surface area is 143 Å². The van der Waals surface area contributed by atoms with Crippen molar-refractivity contribution >= 4 is 22.6 Å². The average Bonchev–Trinajstić information content (AvgIpc) is 2.95. The first kappa shape index (κ1) is 16.6. The first-order valence-corrected chi connectivity index (χ1v) is 8.64. The van der Waals surface area contributed by atoms with Crippen molar-refractivity contribution in [3.8, 4) is 0 Å². The van der Waals surface area contributed by atoms with Crippen LogP contribution in [0.25, 0.3) is 16.5 Å². The summed E-state index contributed by atoms with van der Waals surface area (Å²) in [6.45, 7) is 9.17. The summed E-state index contributed by atoms with van der Waals surface area (Å²) >= 11 is 0. The predicted molar refractivity (Wildman–Crippen MR) is 98.1 cm³/mol. The lowest BCUT2D eigenvalue weighted by atomic mass is 9.97. The lowest BCUT2D eigenvalue weighted by Crippen LogP contribution is -2.39. The van der Waals surface area contributed by atoms with E-state index in [0.29, 0.717) is 13.1 Å². The van der Waals surface area contributed by atoms with Crippen LogP contribution in [0.15, 0.2) is 30.5 Å². The molecule has 0 radical (unpaired) electrons. The van der Waals surface area contributed by atoms with Gasteiger partial charge >= 0.3 is 6.09 Å². The molecule has 0 saturated heterocycles. The van der Waals surface area contributed by atoms with E-state index in [0.717, 1.165) is 12.8 Å². The number of fused-ring (bicyclic) bond motifs is 1. The van der Waals surface area contributed by atoms with E-state index in [4.69, 9.17) is 4.74 Å². The van der Waals surface area contributed by atoms with Gasteiger partial charge in [0.1, 0.15) is 5.60 Å². The Morgan fingerprint density at radius 2 is 2.12 bits per heavy atom. The molecule has 0 aliphatic carbocycles. The zero-order valence-electron chi connectivity index (χ0n) is 15.0. The van der Waals surface area contributed by atoms with Gasteiger partial charge in [-0.25, -0.2) is 4.79 Å². The Balaban J connectivity index is 1.76. The first-order valence-electron chi connectivity index (χ1n) is 8.64. The standard InChI is InChI=1S/C20H26N2O2/c1-5-14-13-21-18-7-6-16(12-17(14)18)15-8-10-22(11-9-15)19(23)24-20(2,3)4/h6-8,12-13,21H,5,9-11H2,1-4H3. The predicted octanol–water partition coefficient (Wildman–Crippen LogP) is 4.75. The highest BCUT2D eigenvalue weighted by Crippen LogP contribution is 2.28. The summed E-state index contributed by atoms with van der Waals surface area (Å²) in [5.41, 5.74) is 4.64. The molecule has 0 spiro atoms. The van der Waals surface area contributed by atoms with E-state index in [9.17, 15) is 4.79 Å². The van der Waals surface area contributed by atoms with Gasteiger partial charge in [-0.3, -0.25) is 0 Å². The lowest BCUT2D eigenvalue weighted by molar-refractivity contribution is 0.0270. The Bertz CT molecular complexity index is 781. The number of nitrogens with one attached hydrogen (secondary N) is 1. The van der Waals surface area contributed by atoms with Gasteiger partial charge in [-0.1, -0.05) is 19.1 Å². The number of hydrogen-bond donors (Lipinski definition) is 1. The van der Waals surface area contributed by atoms with Crippen molar-refractivity contribution in [1.82, 2.24) is 9.88 Å². The fourth-order valence-corrected chi connectivity index (χ4v) is 3.09. The maximum absolute atomic E-state index is 12.2. The molecule has 2 aromatic rings. The Morgan fingerprint density at radius 3 is 2.75 bits per heavy atom. The Morgan fingerprint density at radius 1 is 1.33 bits per heavy atom. The lowest BCUT2D eigenvalue weighted by Gasteiger charge is -2.29. The molecule has 1 N–H and O–H groups in total. The van der Waals surface area contributed by atoms with Crippen molar-refractivity contribution in [2.24, 2.45) is 0 Å². The third-order valence-electron chi connectivity index (χ3n) is 4.38. The molecule has 3 rings (SSSR count). The smallest absolute Gasteiger partial charge is 0.410 e. The van der Waals surface area contributed by atoms with Crippen molar-refractivity contribution in [3.63, 3.8) is 0 Å². The summed E-state index contributed by atoms with van der Waals surface area (Å²) in [7, 11) is 0. The number of hydrogen-bond acceptors (Lipinski definition) is 2. The van der Waals surface area contributed by atoms with E-state index in [-0.39, 0.29) is 6.09 Å². The second-order valence-electron chi connectivity index (χ2n) is 7.33. The van der Waals surface area contributed by atoms with Crippen LogP contribution in [0.2, 0.25) is 0 Å². The number of rotatable bonds is 2. The van der Waals surface area contributed by atoms with Gasteiger partial charge in [0, 0.05) is 30.2 Å². The summed E-state index contributed by atoms with van der Waals surface area (Å²) in [5, 5.41) is 1.30. The van der Waals surface area contributed by atoms with Crippen LogP contribution in [0.3, 0.4) is 0 Å². The number of ether oxygens (including phenoxy) is 1. The van der Waals surface area contributed by atoms with E-state index in [1.54, 1.807) is 4.90 Å². The fourth-order valence-electron chi connectivity index (χ4n) is 3.09. The maximum atomic E-state index is 12.2. The molecule has 0 fully saturated rings. The number of benzene rings is 1. The van der Waals surface area contributed by atoms with E-state index >= 15 is 0 Å².